The second kappa shape index (κ2) is 7.15. The number of hydrogen-bond acceptors (Lipinski definition) is 5. The van der Waals surface area contributed by atoms with E-state index < -0.39 is 16.8 Å². The summed E-state index contributed by atoms with van der Waals surface area (Å²) >= 11 is 5.88. The van der Waals surface area contributed by atoms with E-state index in [1.54, 1.807) is 30.9 Å². The van der Waals surface area contributed by atoms with E-state index in [-0.39, 0.29) is 28.8 Å². The number of hydrogen-bond donors (Lipinski definition) is 1. The van der Waals surface area contributed by atoms with Gasteiger partial charge in [-0.1, -0.05) is 11.6 Å². The van der Waals surface area contributed by atoms with Crippen LogP contribution in [0.4, 0.5) is 15.8 Å². The lowest BCUT2D eigenvalue weighted by molar-refractivity contribution is -0.133. The quantitative estimate of drug-likeness (QED) is 0.746. The highest BCUT2D eigenvalue weighted by Gasteiger charge is 2.54. The number of pyridine rings is 1. The molecule has 32 heavy (non-hydrogen) atoms. The highest BCUT2D eigenvalue weighted by atomic mass is 35.5. The molecule has 2 aromatic rings. The van der Waals surface area contributed by atoms with E-state index in [1.165, 1.54) is 12.1 Å². The minimum atomic E-state index is -0.966. The van der Waals surface area contributed by atoms with Crippen LogP contribution in [0, 0.1) is 5.82 Å². The highest BCUT2D eigenvalue weighted by molar-refractivity contribution is 6.30. The maximum absolute atomic E-state index is 14.2. The molecule has 0 spiro atoms. The summed E-state index contributed by atoms with van der Waals surface area (Å²) in [6, 6.07) is 8.13. The first-order chi connectivity index (χ1) is 15.1. The van der Waals surface area contributed by atoms with Gasteiger partial charge in [-0.3, -0.25) is 9.59 Å². The molecule has 2 saturated heterocycles. The number of aromatic nitrogens is 1. The van der Waals surface area contributed by atoms with Crippen molar-refractivity contribution in [3.8, 4) is 0 Å². The molecule has 3 aliphatic rings. The normalized spacial score (nSPS) is 26.0. The molecule has 0 aliphatic carbocycles. The Morgan fingerprint density at radius 2 is 2.06 bits per heavy atom. The fourth-order valence-corrected chi connectivity index (χ4v) is 5.02. The van der Waals surface area contributed by atoms with Crippen LogP contribution in [0.1, 0.15) is 43.4 Å². The van der Waals surface area contributed by atoms with Crippen molar-refractivity contribution in [3.05, 3.63) is 52.6 Å². The molecule has 4 heterocycles. The lowest BCUT2D eigenvalue weighted by atomic mass is 9.85. The largest absolute Gasteiger partial charge is 0.357 e. The monoisotopic (exact) mass is 458 g/mol. The molecular weight excluding hydrogens is 435 g/mol. The molecule has 1 N–H and O–H groups in total. The molecular formula is C23H24ClFN4O3. The summed E-state index contributed by atoms with van der Waals surface area (Å²) in [6.45, 7) is 6.86. The van der Waals surface area contributed by atoms with Gasteiger partial charge < -0.3 is 19.9 Å². The molecule has 3 aliphatic heterocycles. The van der Waals surface area contributed by atoms with Crippen LogP contribution in [0.3, 0.4) is 0 Å². The summed E-state index contributed by atoms with van der Waals surface area (Å²) in [6.07, 6.45) is 0.354. The number of nitrogens with one attached hydrogen (secondary N) is 1. The van der Waals surface area contributed by atoms with Gasteiger partial charge in [-0.25, -0.2) is 9.37 Å². The number of anilines is 2. The van der Waals surface area contributed by atoms with Crippen molar-refractivity contribution in [2.24, 2.45) is 0 Å². The Labute approximate surface area is 190 Å². The number of fused-ring (bicyclic) bond motifs is 3. The van der Waals surface area contributed by atoms with Gasteiger partial charge in [-0.15, -0.1) is 0 Å². The Bertz CT molecular complexity index is 1140. The molecule has 1 aromatic heterocycles. The second-order valence-corrected chi connectivity index (χ2v) is 9.60. The third-order valence-corrected chi connectivity index (χ3v) is 7.15. The van der Waals surface area contributed by atoms with Gasteiger partial charge in [0, 0.05) is 18.8 Å². The fraction of sp³-hybridized carbons (Fsp3) is 0.435. The number of carbonyl (C=O) groups is 2. The summed E-state index contributed by atoms with van der Waals surface area (Å²) in [5, 5.41) is 2.85. The van der Waals surface area contributed by atoms with Crippen molar-refractivity contribution in [1.82, 2.24) is 15.2 Å². The van der Waals surface area contributed by atoms with Gasteiger partial charge in [-0.05, 0) is 57.5 Å². The predicted octanol–water partition coefficient (Wildman–Crippen LogP) is 3.38. The molecule has 1 aromatic carbocycles. The number of halogens is 2. The molecule has 0 radical (unpaired) electrons. The van der Waals surface area contributed by atoms with Crippen molar-refractivity contribution in [2.75, 3.05) is 24.6 Å². The average molecular weight is 459 g/mol. The lowest BCUT2D eigenvalue weighted by Gasteiger charge is -2.41. The molecule has 0 saturated carbocycles. The van der Waals surface area contributed by atoms with Crippen LogP contribution in [0.25, 0.3) is 0 Å². The third-order valence-electron chi connectivity index (χ3n) is 6.85. The maximum Gasteiger partial charge on any atom is 0.273 e. The minimum absolute atomic E-state index is 0.0514. The summed E-state index contributed by atoms with van der Waals surface area (Å²) in [5.74, 6) is -0.990. The lowest BCUT2D eigenvalue weighted by Crippen LogP contribution is -2.63. The molecule has 5 rings (SSSR count). The van der Waals surface area contributed by atoms with E-state index in [0.29, 0.717) is 25.4 Å². The first-order valence-corrected chi connectivity index (χ1v) is 11.0. The van der Waals surface area contributed by atoms with E-state index in [4.69, 9.17) is 21.3 Å². The molecule has 168 valence electrons. The summed E-state index contributed by atoms with van der Waals surface area (Å²) < 4.78 is 20.3. The number of nitrogens with zero attached hydrogens (tertiary/aromatic N) is 3. The molecule has 2 unspecified atom stereocenters. The van der Waals surface area contributed by atoms with Crippen molar-refractivity contribution in [1.29, 1.82) is 0 Å². The van der Waals surface area contributed by atoms with Crippen LogP contribution in [-0.2, 0) is 14.9 Å². The zero-order valence-corrected chi connectivity index (χ0v) is 18.9. The summed E-state index contributed by atoms with van der Waals surface area (Å²) in [5.41, 5.74) is 0.968. The molecule has 7 nitrogen and oxygen atoms in total. The number of ether oxygens (including phenoxy) is 1. The molecule has 9 heteroatoms. The standard InChI is InChI=1S/C23H24ClFN4O3/c1-22(2)20(31)26-9-10-28(22)19(30)16-6-7-17-18(27-16)23(3)8-11-32-21(23)29(17)13-4-5-14(24)15(25)12-13/h4-7,12,21H,8-11H2,1-3H3,(H,26,31). The highest BCUT2D eigenvalue weighted by Crippen LogP contribution is 2.53. The predicted molar refractivity (Wildman–Crippen MR) is 118 cm³/mol. The van der Waals surface area contributed by atoms with E-state index in [9.17, 15) is 14.0 Å². The first-order valence-electron chi connectivity index (χ1n) is 10.6. The van der Waals surface area contributed by atoms with Crippen LogP contribution < -0.4 is 10.2 Å². The zero-order chi connectivity index (χ0) is 22.8. The maximum atomic E-state index is 14.2. The molecule has 0 bridgehead atoms. The van der Waals surface area contributed by atoms with Crippen molar-refractivity contribution < 1.29 is 18.7 Å². The Hall–Kier alpha value is -2.71. The van der Waals surface area contributed by atoms with Crippen molar-refractivity contribution in [3.63, 3.8) is 0 Å². The van der Waals surface area contributed by atoms with E-state index in [0.717, 1.165) is 17.8 Å². The second-order valence-electron chi connectivity index (χ2n) is 9.19. The number of carbonyl (C=O) groups excluding carboxylic acids is 2. The topological polar surface area (TPSA) is 74.8 Å². The Morgan fingerprint density at radius 3 is 2.81 bits per heavy atom. The fourth-order valence-electron chi connectivity index (χ4n) is 4.90. The van der Waals surface area contributed by atoms with Gasteiger partial charge in [0.15, 0.2) is 0 Å². The first kappa shape index (κ1) is 21.2. The van der Waals surface area contributed by atoms with E-state index in [1.807, 2.05) is 11.0 Å². The zero-order valence-electron chi connectivity index (χ0n) is 18.1. The molecule has 2 fully saturated rings. The Morgan fingerprint density at radius 1 is 1.28 bits per heavy atom. The van der Waals surface area contributed by atoms with Gasteiger partial charge >= 0.3 is 0 Å². The number of amides is 2. The van der Waals surface area contributed by atoms with Gasteiger partial charge in [0.1, 0.15) is 23.3 Å². The average Bonchev–Trinajstić information content (AvgIpc) is 3.24. The van der Waals surface area contributed by atoms with Gasteiger partial charge in [0.25, 0.3) is 5.91 Å². The molecule has 2 amide bonds. The van der Waals surface area contributed by atoms with Crippen LogP contribution in [-0.4, -0.2) is 53.2 Å². The van der Waals surface area contributed by atoms with Crippen LogP contribution in [0.15, 0.2) is 30.3 Å². The summed E-state index contributed by atoms with van der Waals surface area (Å²) in [7, 11) is 0. The Balaban J connectivity index is 1.57. The van der Waals surface area contributed by atoms with Crippen LogP contribution >= 0.6 is 11.6 Å². The van der Waals surface area contributed by atoms with Gasteiger partial charge in [-0.2, -0.15) is 0 Å². The van der Waals surface area contributed by atoms with Crippen molar-refractivity contribution in [2.45, 2.75) is 44.4 Å². The SMILES string of the molecule is CC12CCOC1N(c1ccc(Cl)c(F)c1)c1ccc(C(=O)N3CCNC(=O)C3(C)C)nc12. The summed E-state index contributed by atoms with van der Waals surface area (Å²) in [4.78, 5) is 33.9. The van der Waals surface area contributed by atoms with Crippen LogP contribution in [0.2, 0.25) is 5.02 Å². The van der Waals surface area contributed by atoms with Gasteiger partial charge in [0.05, 0.1) is 28.4 Å². The smallest absolute Gasteiger partial charge is 0.273 e. The number of rotatable bonds is 2. The van der Waals surface area contributed by atoms with Crippen molar-refractivity contribution >= 4 is 34.8 Å². The minimum Gasteiger partial charge on any atom is -0.357 e. The molecule has 2 atom stereocenters. The third kappa shape index (κ3) is 2.93. The Kier molecular flexibility index (Phi) is 4.73. The number of benzene rings is 1. The van der Waals surface area contributed by atoms with E-state index in [2.05, 4.69) is 12.2 Å². The number of piperazine rings is 1. The van der Waals surface area contributed by atoms with Gasteiger partial charge in [0.2, 0.25) is 5.91 Å². The van der Waals surface area contributed by atoms with E-state index >= 15 is 0 Å². The van der Waals surface area contributed by atoms with Crippen LogP contribution in [0.5, 0.6) is 0 Å².